The Morgan fingerprint density at radius 2 is 2.00 bits per heavy atom. The van der Waals surface area contributed by atoms with Gasteiger partial charge in [-0.15, -0.1) is 0 Å². The molecule has 0 heterocycles. The standard InChI is InChI=1S/C11H13F2N3O5S/c1-22(20,21)9-3-7(2-8(4-9)16(18)19)10(17)15-6-11(12,13)5-14/h2-4H,5-6,14H2,1H3,(H,15,17). The zero-order valence-electron chi connectivity index (χ0n) is 11.4. The van der Waals surface area contributed by atoms with Gasteiger partial charge in [-0.2, -0.15) is 0 Å². The van der Waals surface area contributed by atoms with Crippen LogP contribution < -0.4 is 11.1 Å². The van der Waals surface area contributed by atoms with Gasteiger partial charge in [-0.25, -0.2) is 17.2 Å². The number of carbonyl (C=O) groups is 1. The Labute approximate surface area is 124 Å². The van der Waals surface area contributed by atoms with Crippen molar-refractivity contribution in [3.05, 3.63) is 33.9 Å². The van der Waals surface area contributed by atoms with Gasteiger partial charge >= 0.3 is 0 Å². The predicted octanol–water partition coefficient (Wildman–Crippen LogP) is 0.322. The minimum atomic E-state index is -3.82. The molecule has 1 aromatic rings. The number of benzene rings is 1. The molecule has 11 heteroatoms. The molecule has 0 spiro atoms. The van der Waals surface area contributed by atoms with Gasteiger partial charge in [-0.3, -0.25) is 14.9 Å². The summed E-state index contributed by atoms with van der Waals surface area (Å²) in [5, 5.41) is 12.6. The second kappa shape index (κ2) is 6.32. The second-order valence-electron chi connectivity index (χ2n) is 4.49. The van der Waals surface area contributed by atoms with Crippen LogP contribution in [0.3, 0.4) is 0 Å². The van der Waals surface area contributed by atoms with E-state index in [0.717, 1.165) is 24.5 Å². The molecule has 0 radical (unpaired) electrons. The van der Waals surface area contributed by atoms with Gasteiger partial charge in [0.15, 0.2) is 9.84 Å². The van der Waals surface area contributed by atoms with Crippen molar-refractivity contribution in [2.45, 2.75) is 10.8 Å². The molecule has 122 valence electrons. The Bertz CT molecular complexity index is 706. The minimum absolute atomic E-state index is 0.414. The monoisotopic (exact) mass is 337 g/mol. The average Bonchev–Trinajstić information content (AvgIpc) is 2.43. The van der Waals surface area contributed by atoms with Crippen molar-refractivity contribution >= 4 is 21.4 Å². The van der Waals surface area contributed by atoms with E-state index < -0.39 is 55.8 Å². The molecule has 0 saturated carbocycles. The summed E-state index contributed by atoms with van der Waals surface area (Å²) in [7, 11) is -3.82. The summed E-state index contributed by atoms with van der Waals surface area (Å²) in [4.78, 5) is 21.2. The minimum Gasteiger partial charge on any atom is -0.346 e. The van der Waals surface area contributed by atoms with E-state index in [9.17, 15) is 32.1 Å². The van der Waals surface area contributed by atoms with E-state index in [0.29, 0.717) is 0 Å². The largest absolute Gasteiger partial charge is 0.346 e. The lowest BCUT2D eigenvalue weighted by molar-refractivity contribution is -0.385. The van der Waals surface area contributed by atoms with Crippen LogP contribution in [0.5, 0.6) is 0 Å². The highest BCUT2D eigenvalue weighted by atomic mass is 32.2. The molecule has 1 aromatic carbocycles. The summed E-state index contributed by atoms with van der Waals surface area (Å²) in [6.45, 7) is -2.06. The van der Waals surface area contributed by atoms with E-state index in [1.54, 1.807) is 0 Å². The fourth-order valence-corrected chi connectivity index (χ4v) is 2.09. The van der Waals surface area contributed by atoms with Crippen LogP contribution in [0.25, 0.3) is 0 Å². The lowest BCUT2D eigenvalue weighted by Gasteiger charge is -2.14. The number of nitrogens with one attached hydrogen (secondary N) is 1. The summed E-state index contributed by atoms with van der Waals surface area (Å²) in [5.41, 5.74) is 3.75. The van der Waals surface area contributed by atoms with Gasteiger partial charge in [0.2, 0.25) is 0 Å². The quantitative estimate of drug-likeness (QED) is 0.567. The Kier molecular flexibility index (Phi) is 5.14. The molecule has 0 bridgehead atoms. The summed E-state index contributed by atoms with van der Waals surface area (Å²) in [6.07, 6.45) is 0.802. The number of hydrogen-bond acceptors (Lipinski definition) is 6. The SMILES string of the molecule is CS(=O)(=O)c1cc(C(=O)NCC(F)(F)CN)cc([N+](=O)[O-])c1. The van der Waals surface area contributed by atoms with E-state index in [2.05, 4.69) is 0 Å². The van der Waals surface area contributed by atoms with Crippen LogP contribution >= 0.6 is 0 Å². The molecule has 3 N–H and O–H groups in total. The van der Waals surface area contributed by atoms with E-state index >= 15 is 0 Å². The van der Waals surface area contributed by atoms with Crippen molar-refractivity contribution in [2.75, 3.05) is 19.3 Å². The molecule has 0 atom stereocenters. The van der Waals surface area contributed by atoms with Crippen LogP contribution in [0.4, 0.5) is 14.5 Å². The number of nitrogens with zero attached hydrogens (tertiary/aromatic N) is 1. The van der Waals surface area contributed by atoms with Crippen molar-refractivity contribution < 1.29 is 26.9 Å². The Hall–Kier alpha value is -2.14. The first-order valence-electron chi connectivity index (χ1n) is 5.82. The molecular formula is C11H13F2N3O5S. The van der Waals surface area contributed by atoms with Crippen LogP contribution in [0.15, 0.2) is 23.1 Å². The molecule has 8 nitrogen and oxygen atoms in total. The number of nitrogens with two attached hydrogens (primary N) is 1. The zero-order chi connectivity index (χ0) is 17.1. The molecule has 22 heavy (non-hydrogen) atoms. The molecule has 1 amide bonds. The fraction of sp³-hybridized carbons (Fsp3) is 0.364. The van der Waals surface area contributed by atoms with Crippen molar-refractivity contribution in [1.82, 2.24) is 5.32 Å². The molecule has 0 fully saturated rings. The zero-order valence-corrected chi connectivity index (χ0v) is 12.2. The third-order valence-corrected chi connectivity index (χ3v) is 3.69. The second-order valence-corrected chi connectivity index (χ2v) is 6.50. The maximum atomic E-state index is 13.0. The molecule has 0 aliphatic carbocycles. The van der Waals surface area contributed by atoms with Gasteiger partial charge < -0.3 is 11.1 Å². The molecule has 0 aromatic heterocycles. The van der Waals surface area contributed by atoms with Gasteiger partial charge in [0.05, 0.1) is 22.9 Å². The highest BCUT2D eigenvalue weighted by Crippen LogP contribution is 2.21. The first-order valence-corrected chi connectivity index (χ1v) is 7.71. The van der Waals surface area contributed by atoms with E-state index in [-0.39, 0.29) is 0 Å². The van der Waals surface area contributed by atoms with Gasteiger partial charge in [0.1, 0.15) is 0 Å². The van der Waals surface area contributed by atoms with Gasteiger partial charge in [0.25, 0.3) is 17.5 Å². The number of rotatable bonds is 6. The fourth-order valence-electron chi connectivity index (χ4n) is 1.42. The van der Waals surface area contributed by atoms with Gasteiger partial charge in [-0.05, 0) is 6.07 Å². The first-order chi connectivity index (χ1) is 9.96. The maximum Gasteiger partial charge on any atom is 0.277 e. The smallest absolute Gasteiger partial charge is 0.277 e. The number of amides is 1. The molecule has 0 unspecified atom stereocenters. The number of non-ortho nitro benzene ring substituents is 1. The molecule has 0 aliphatic rings. The van der Waals surface area contributed by atoms with E-state index in [1.165, 1.54) is 0 Å². The van der Waals surface area contributed by atoms with Gasteiger partial charge in [-0.1, -0.05) is 0 Å². The Morgan fingerprint density at radius 1 is 1.41 bits per heavy atom. The molecule has 0 saturated heterocycles. The van der Waals surface area contributed by atoms with Crippen molar-refractivity contribution in [1.29, 1.82) is 0 Å². The Morgan fingerprint density at radius 3 is 2.45 bits per heavy atom. The Balaban J connectivity index is 3.16. The predicted molar refractivity (Wildman–Crippen MR) is 72.5 cm³/mol. The number of carbonyl (C=O) groups excluding carboxylic acids is 1. The van der Waals surface area contributed by atoms with E-state index in [4.69, 9.17) is 5.73 Å². The number of sulfone groups is 1. The average molecular weight is 337 g/mol. The third-order valence-electron chi connectivity index (χ3n) is 2.60. The highest BCUT2D eigenvalue weighted by Gasteiger charge is 2.28. The van der Waals surface area contributed by atoms with Crippen LogP contribution in [-0.2, 0) is 9.84 Å². The molecule has 1 rings (SSSR count). The lowest BCUT2D eigenvalue weighted by Crippen LogP contribution is -2.41. The lowest BCUT2D eigenvalue weighted by atomic mass is 10.2. The first kappa shape index (κ1) is 17.9. The third kappa shape index (κ3) is 4.70. The number of nitro benzene ring substituents is 1. The van der Waals surface area contributed by atoms with Crippen LogP contribution in [0, 0.1) is 10.1 Å². The maximum absolute atomic E-state index is 13.0. The summed E-state index contributed by atoms with van der Waals surface area (Å²) in [6, 6.07) is 2.45. The summed E-state index contributed by atoms with van der Waals surface area (Å²) < 4.78 is 48.8. The highest BCUT2D eigenvalue weighted by molar-refractivity contribution is 7.90. The number of alkyl halides is 2. The molecular weight excluding hydrogens is 324 g/mol. The topological polar surface area (TPSA) is 132 Å². The number of hydrogen-bond donors (Lipinski definition) is 2. The van der Waals surface area contributed by atoms with Crippen LogP contribution in [0.1, 0.15) is 10.4 Å². The van der Waals surface area contributed by atoms with Crippen molar-refractivity contribution in [3.63, 3.8) is 0 Å². The molecule has 0 aliphatic heterocycles. The normalized spacial score (nSPS) is 12.0. The van der Waals surface area contributed by atoms with Crippen molar-refractivity contribution in [2.24, 2.45) is 5.73 Å². The van der Waals surface area contributed by atoms with Crippen LogP contribution in [-0.4, -0.2) is 44.5 Å². The number of nitro groups is 1. The van der Waals surface area contributed by atoms with E-state index in [1.807, 2.05) is 5.32 Å². The number of halogens is 2. The van der Waals surface area contributed by atoms with Crippen molar-refractivity contribution in [3.8, 4) is 0 Å². The summed E-state index contributed by atoms with van der Waals surface area (Å²) in [5.74, 6) is -4.41. The van der Waals surface area contributed by atoms with Crippen LogP contribution in [0.2, 0.25) is 0 Å². The summed E-state index contributed by atoms with van der Waals surface area (Å²) >= 11 is 0. The van der Waals surface area contributed by atoms with Gasteiger partial charge in [0, 0.05) is 24.0 Å².